The Hall–Kier alpha value is -1.83. The molecule has 0 bridgehead atoms. The molecule has 1 aromatic heterocycles. The van der Waals surface area contributed by atoms with Crippen molar-refractivity contribution < 1.29 is 17.6 Å². The number of amides is 1. The third-order valence-electron chi connectivity index (χ3n) is 3.00. The molecule has 8 heteroatoms. The summed E-state index contributed by atoms with van der Waals surface area (Å²) in [6.45, 7) is 0.353. The van der Waals surface area contributed by atoms with Gasteiger partial charge in [-0.05, 0) is 37.4 Å². The van der Waals surface area contributed by atoms with Crippen LogP contribution in [0.5, 0.6) is 0 Å². The van der Waals surface area contributed by atoms with E-state index in [-0.39, 0.29) is 15.5 Å². The molecule has 2 N–H and O–H groups in total. The second kappa shape index (κ2) is 6.95. The van der Waals surface area contributed by atoms with Crippen molar-refractivity contribution in [2.75, 3.05) is 13.6 Å². The molecule has 0 fully saturated rings. The largest absolute Gasteiger partial charge is 0.469 e. The lowest BCUT2D eigenvalue weighted by Crippen LogP contribution is -2.26. The van der Waals surface area contributed by atoms with Crippen molar-refractivity contribution in [2.24, 2.45) is 0 Å². The Kier molecular flexibility index (Phi) is 5.23. The van der Waals surface area contributed by atoms with Gasteiger partial charge in [0.05, 0.1) is 21.7 Å². The molecule has 0 aliphatic carbocycles. The SMILES string of the molecule is CNS(=O)(=O)c1ccc(Cl)c(C(=O)NCCc2ccco2)c1. The Morgan fingerprint density at radius 1 is 1.32 bits per heavy atom. The fourth-order valence-electron chi connectivity index (χ4n) is 1.81. The summed E-state index contributed by atoms with van der Waals surface area (Å²) in [5.74, 6) is 0.308. The van der Waals surface area contributed by atoms with E-state index in [9.17, 15) is 13.2 Å². The van der Waals surface area contributed by atoms with Gasteiger partial charge in [-0.25, -0.2) is 13.1 Å². The average Bonchev–Trinajstić information content (AvgIpc) is 3.00. The van der Waals surface area contributed by atoms with E-state index >= 15 is 0 Å². The fraction of sp³-hybridized carbons (Fsp3) is 0.214. The number of furan rings is 1. The number of carbonyl (C=O) groups excluding carboxylic acids is 1. The molecule has 0 spiro atoms. The first kappa shape index (κ1) is 16.5. The van der Waals surface area contributed by atoms with E-state index in [2.05, 4.69) is 10.0 Å². The summed E-state index contributed by atoms with van der Waals surface area (Å²) < 4.78 is 30.9. The fourth-order valence-corrected chi connectivity index (χ4v) is 2.77. The molecule has 118 valence electrons. The van der Waals surface area contributed by atoms with Gasteiger partial charge in [-0.2, -0.15) is 0 Å². The van der Waals surface area contributed by atoms with Gasteiger partial charge in [0, 0.05) is 13.0 Å². The maximum atomic E-state index is 12.1. The molecule has 0 saturated carbocycles. The minimum atomic E-state index is -3.63. The maximum absolute atomic E-state index is 12.1. The average molecular weight is 343 g/mol. The lowest BCUT2D eigenvalue weighted by molar-refractivity contribution is 0.0953. The number of carbonyl (C=O) groups is 1. The first-order chi connectivity index (χ1) is 10.4. The molecule has 22 heavy (non-hydrogen) atoms. The van der Waals surface area contributed by atoms with Crippen LogP contribution in [0.25, 0.3) is 0 Å². The van der Waals surface area contributed by atoms with E-state index in [4.69, 9.17) is 16.0 Å². The first-order valence-electron chi connectivity index (χ1n) is 6.47. The van der Waals surface area contributed by atoms with E-state index in [0.717, 1.165) is 5.76 Å². The van der Waals surface area contributed by atoms with E-state index in [1.165, 1.54) is 25.2 Å². The zero-order valence-corrected chi connectivity index (χ0v) is 13.4. The molecule has 0 aliphatic rings. The second-order valence-corrected chi connectivity index (χ2v) is 6.73. The monoisotopic (exact) mass is 342 g/mol. The van der Waals surface area contributed by atoms with Crippen molar-refractivity contribution in [3.05, 3.63) is 52.9 Å². The van der Waals surface area contributed by atoms with Crippen molar-refractivity contribution in [3.63, 3.8) is 0 Å². The highest BCUT2D eigenvalue weighted by Gasteiger charge is 2.17. The number of halogens is 1. The number of nitrogens with one attached hydrogen (secondary N) is 2. The van der Waals surface area contributed by atoms with Gasteiger partial charge in [-0.15, -0.1) is 0 Å². The zero-order valence-electron chi connectivity index (χ0n) is 11.8. The predicted octanol–water partition coefficient (Wildman–Crippen LogP) is 1.81. The summed E-state index contributed by atoms with van der Waals surface area (Å²) in [7, 11) is -2.33. The molecule has 0 aliphatic heterocycles. The van der Waals surface area contributed by atoms with Gasteiger partial charge in [-0.1, -0.05) is 11.6 Å². The molecule has 2 aromatic rings. The number of hydrogen-bond donors (Lipinski definition) is 2. The quantitative estimate of drug-likeness (QED) is 0.838. The Labute approximate surface area is 133 Å². The van der Waals surface area contributed by atoms with Crippen LogP contribution in [-0.4, -0.2) is 27.9 Å². The molecule has 0 radical (unpaired) electrons. The van der Waals surface area contributed by atoms with Crippen molar-refractivity contribution in [2.45, 2.75) is 11.3 Å². The van der Waals surface area contributed by atoms with Gasteiger partial charge in [0.15, 0.2) is 0 Å². The normalized spacial score (nSPS) is 11.4. The van der Waals surface area contributed by atoms with Gasteiger partial charge < -0.3 is 9.73 Å². The van der Waals surface area contributed by atoms with Crippen molar-refractivity contribution in [3.8, 4) is 0 Å². The van der Waals surface area contributed by atoms with Gasteiger partial charge in [0.2, 0.25) is 10.0 Å². The van der Waals surface area contributed by atoms with Gasteiger partial charge in [0.1, 0.15) is 5.76 Å². The van der Waals surface area contributed by atoms with Crippen molar-refractivity contribution >= 4 is 27.5 Å². The smallest absolute Gasteiger partial charge is 0.252 e. The van der Waals surface area contributed by atoms with E-state index < -0.39 is 15.9 Å². The number of hydrogen-bond acceptors (Lipinski definition) is 4. The van der Waals surface area contributed by atoms with Crippen LogP contribution in [0.15, 0.2) is 45.9 Å². The van der Waals surface area contributed by atoms with Gasteiger partial charge in [0.25, 0.3) is 5.91 Å². The van der Waals surface area contributed by atoms with Crippen LogP contribution in [0.2, 0.25) is 5.02 Å². The second-order valence-electron chi connectivity index (χ2n) is 4.43. The Morgan fingerprint density at radius 3 is 2.73 bits per heavy atom. The number of rotatable bonds is 6. The third-order valence-corrected chi connectivity index (χ3v) is 4.74. The van der Waals surface area contributed by atoms with Crippen LogP contribution in [0, 0.1) is 0 Å². The summed E-state index contributed by atoms with van der Waals surface area (Å²) in [5, 5.41) is 2.86. The van der Waals surface area contributed by atoms with E-state index in [0.29, 0.717) is 13.0 Å². The Bertz CT molecular complexity index is 757. The highest BCUT2D eigenvalue weighted by Crippen LogP contribution is 2.20. The maximum Gasteiger partial charge on any atom is 0.252 e. The van der Waals surface area contributed by atoms with E-state index in [1.807, 2.05) is 0 Å². The van der Waals surface area contributed by atoms with Crippen LogP contribution >= 0.6 is 11.6 Å². The zero-order chi connectivity index (χ0) is 16.2. The molecule has 0 atom stereocenters. The number of sulfonamides is 1. The number of benzene rings is 1. The summed E-state index contributed by atoms with van der Waals surface area (Å²) >= 11 is 5.97. The van der Waals surface area contributed by atoms with E-state index in [1.54, 1.807) is 18.4 Å². The molecule has 0 unspecified atom stereocenters. The lowest BCUT2D eigenvalue weighted by Gasteiger charge is -2.08. The summed E-state index contributed by atoms with van der Waals surface area (Å²) in [4.78, 5) is 12.1. The molecule has 1 heterocycles. The molecule has 0 saturated heterocycles. The van der Waals surface area contributed by atoms with Crippen LogP contribution in [0.4, 0.5) is 0 Å². The Morgan fingerprint density at radius 2 is 2.09 bits per heavy atom. The lowest BCUT2D eigenvalue weighted by atomic mass is 10.2. The summed E-state index contributed by atoms with van der Waals surface area (Å²) in [6, 6.07) is 7.54. The Balaban J connectivity index is 2.10. The van der Waals surface area contributed by atoms with Gasteiger partial charge >= 0.3 is 0 Å². The minimum Gasteiger partial charge on any atom is -0.469 e. The molecule has 1 aromatic carbocycles. The molecule has 1 amide bonds. The highest BCUT2D eigenvalue weighted by atomic mass is 35.5. The minimum absolute atomic E-state index is 0.0180. The van der Waals surface area contributed by atoms with Crippen molar-refractivity contribution in [1.82, 2.24) is 10.0 Å². The molecule has 2 rings (SSSR count). The molecular formula is C14H15ClN2O4S. The van der Waals surface area contributed by atoms with Crippen LogP contribution < -0.4 is 10.0 Å². The predicted molar refractivity (Wildman–Crippen MR) is 82.4 cm³/mol. The molecule has 6 nitrogen and oxygen atoms in total. The highest BCUT2D eigenvalue weighted by molar-refractivity contribution is 7.89. The van der Waals surface area contributed by atoms with Crippen LogP contribution in [0.1, 0.15) is 16.1 Å². The summed E-state index contributed by atoms with van der Waals surface area (Å²) in [5.41, 5.74) is 0.109. The van der Waals surface area contributed by atoms with Gasteiger partial charge in [-0.3, -0.25) is 4.79 Å². The standard InChI is InChI=1S/C14H15ClN2O4S/c1-16-22(19,20)11-4-5-13(15)12(9-11)14(18)17-7-6-10-3-2-8-21-10/h2-5,8-9,16H,6-7H2,1H3,(H,17,18). The summed E-state index contributed by atoms with van der Waals surface area (Å²) in [6.07, 6.45) is 2.09. The third kappa shape index (κ3) is 3.88. The van der Waals surface area contributed by atoms with Crippen LogP contribution in [-0.2, 0) is 16.4 Å². The first-order valence-corrected chi connectivity index (χ1v) is 8.34. The molecular weight excluding hydrogens is 328 g/mol. The van der Waals surface area contributed by atoms with Crippen LogP contribution in [0.3, 0.4) is 0 Å². The van der Waals surface area contributed by atoms with Crippen molar-refractivity contribution in [1.29, 1.82) is 0 Å². The topological polar surface area (TPSA) is 88.4 Å².